The molecule has 1 aromatic heterocycles. The number of imidazole rings is 1. The highest BCUT2D eigenvalue weighted by Gasteiger charge is 2.23. The van der Waals surface area contributed by atoms with Gasteiger partial charge < -0.3 is 20.3 Å². The molecular weight excluding hydrogens is 260 g/mol. The van der Waals surface area contributed by atoms with Gasteiger partial charge in [0.05, 0.1) is 6.33 Å². The zero-order valence-electron chi connectivity index (χ0n) is 12.1. The monoisotopic (exact) mass is 282 g/mol. The Morgan fingerprint density at radius 3 is 2.65 bits per heavy atom. The molecule has 0 radical (unpaired) electrons. The maximum atomic E-state index is 12.1. The van der Waals surface area contributed by atoms with E-state index < -0.39 is 12.0 Å². The van der Waals surface area contributed by atoms with Gasteiger partial charge in [-0.2, -0.15) is 0 Å². The van der Waals surface area contributed by atoms with Gasteiger partial charge in [0.1, 0.15) is 6.04 Å². The summed E-state index contributed by atoms with van der Waals surface area (Å²) < 4.78 is 0. The first-order chi connectivity index (χ1) is 9.43. The Kier molecular flexibility index (Phi) is 6.02. The Hall–Kier alpha value is -2.05. The molecule has 0 saturated heterocycles. The summed E-state index contributed by atoms with van der Waals surface area (Å²) >= 11 is 0. The molecular formula is C13H22N4O3. The van der Waals surface area contributed by atoms with Crippen LogP contribution in [0.1, 0.15) is 26.5 Å². The van der Waals surface area contributed by atoms with Gasteiger partial charge in [0, 0.05) is 31.4 Å². The quantitative estimate of drug-likeness (QED) is 0.697. The molecule has 0 spiro atoms. The summed E-state index contributed by atoms with van der Waals surface area (Å²) in [5.41, 5.74) is 0.671. The number of carbonyl (C=O) groups is 2. The van der Waals surface area contributed by atoms with Crippen molar-refractivity contribution in [2.75, 3.05) is 13.1 Å². The third kappa shape index (κ3) is 4.91. The van der Waals surface area contributed by atoms with Gasteiger partial charge >= 0.3 is 12.0 Å². The van der Waals surface area contributed by atoms with Gasteiger partial charge in [-0.05, 0) is 12.8 Å². The molecule has 0 aliphatic rings. The molecule has 0 aromatic carbocycles. The molecule has 2 amide bonds. The van der Waals surface area contributed by atoms with Gasteiger partial charge in [-0.25, -0.2) is 14.6 Å². The minimum absolute atomic E-state index is 0.181. The second-order valence-corrected chi connectivity index (χ2v) is 5.05. The highest BCUT2D eigenvalue weighted by Crippen LogP contribution is 2.03. The number of nitrogens with one attached hydrogen (secondary N) is 2. The maximum Gasteiger partial charge on any atom is 0.326 e. The normalized spacial score (nSPS) is 12.2. The zero-order valence-corrected chi connectivity index (χ0v) is 12.1. The number of carbonyl (C=O) groups excluding carboxylic acids is 1. The molecule has 0 aliphatic carbocycles. The third-order valence-corrected chi connectivity index (χ3v) is 2.83. The van der Waals surface area contributed by atoms with Crippen LogP contribution in [-0.4, -0.2) is 51.1 Å². The first-order valence-corrected chi connectivity index (χ1v) is 6.69. The maximum absolute atomic E-state index is 12.1. The summed E-state index contributed by atoms with van der Waals surface area (Å²) in [6, 6.07) is -1.32. The van der Waals surface area contributed by atoms with Crippen LogP contribution >= 0.6 is 0 Å². The summed E-state index contributed by atoms with van der Waals surface area (Å²) in [7, 11) is 0. The van der Waals surface area contributed by atoms with Gasteiger partial charge in [-0.15, -0.1) is 0 Å². The van der Waals surface area contributed by atoms with Crippen LogP contribution in [-0.2, 0) is 11.2 Å². The first kappa shape index (κ1) is 16.0. The van der Waals surface area contributed by atoms with Crippen LogP contribution in [0.15, 0.2) is 12.5 Å². The van der Waals surface area contributed by atoms with E-state index in [0.717, 1.165) is 0 Å². The molecule has 0 unspecified atom stereocenters. The van der Waals surface area contributed by atoms with Crippen molar-refractivity contribution in [3.63, 3.8) is 0 Å². The molecule has 7 nitrogen and oxygen atoms in total. The Labute approximate surface area is 118 Å². The van der Waals surface area contributed by atoms with Gasteiger partial charge in [0.25, 0.3) is 0 Å². The van der Waals surface area contributed by atoms with E-state index >= 15 is 0 Å². The molecule has 7 heteroatoms. The summed E-state index contributed by atoms with van der Waals surface area (Å²) in [5.74, 6) is -0.731. The Bertz CT molecular complexity index is 431. The summed E-state index contributed by atoms with van der Waals surface area (Å²) in [6.45, 7) is 7.02. The molecule has 0 aliphatic heterocycles. The van der Waals surface area contributed by atoms with Gasteiger partial charge in [0.15, 0.2) is 0 Å². The minimum atomic E-state index is -1.06. The van der Waals surface area contributed by atoms with Crippen molar-refractivity contribution in [2.45, 2.75) is 33.2 Å². The number of carboxylic acid groups (broad SMARTS) is 1. The number of hydrogen-bond acceptors (Lipinski definition) is 3. The number of urea groups is 1. The highest BCUT2D eigenvalue weighted by atomic mass is 16.4. The van der Waals surface area contributed by atoms with E-state index in [9.17, 15) is 14.7 Å². The SMILES string of the molecule is CCN(CC(C)C)C(=O)N[C@@H](Cc1cnc[nH]1)C(=O)O. The van der Waals surface area contributed by atoms with E-state index in [4.69, 9.17) is 0 Å². The zero-order chi connectivity index (χ0) is 15.1. The second kappa shape index (κ2) is 7.52. The van der Waals surface area contributed by atoms with E-state index in [0.29, 0.717) is 24.7 Å². The van der Waals surface area contributed by atoms with E-state index in [1.165, 1.54) is 6.33 Å². The standard InChI is InChI=1S/C13H22N4O3/c1-4-17(7-9(2)3)13(20)16-11(12(18)19)5-10-6-14-8-15-10/h6,8-9,11H,4-5,7H2,1-3H3,(H,14,15)(H,16,20)(H,18,19)/t11-/m0/s1. The number of rotatable bonds is 7. The Balaban J connectivity index is 2.64. The van der Waals surface area contributed by atoms with Crippen LogP contribution in [0.3, 0.4) is 0 Å². The van der Waals surface area contributed by atoms with Crippen molar-refractivity contribution in [2.24, 2.45) is 5.92 Å². The molecule has 3 N–H and O–H groups in total. The van der Waals surface area contributed by atoms with Gasteiger partial charge in [-0.1, -0.05) is 13.8 Å². The lowest BCUT2D eigenvalue weighted by molar-refractivity contribution is -0.139. The lowest BCUT2D eigenvalue weighted by Crippen LogP contribution is -2.49. The summed E-state index contributed by atoms with van der Waals surface area (Å²) in [6.07, 6.45) is 3.21. The average molecular weight is 282 g/mol. The molecule has 0 saturated carbocycles. The van der Waals surface area contributed by atoms with Crippen LogP contribution in [0.2, 0.25) is 0 Å². The van der Waals surface area contributed by atoms with Crippen molar-refractivity contribution in [3.8, 4) is 0 Å². The lowest BCUT2D eigenvalue weighted by Gasteiger charge is -2.25. The molecule has 20 heavy (non-hydrogen) atoms. The predicted molar refractivity (Wildman–Crippen MR) is 74.3 cm³/mol. The average Bonchev–Trinajstić information content (AvgIpc) is 2.87. The fraction of sp³-hybridized carbons (Fsp3) is 0.615. The van der Waals surface area contributed by atoms with Crippen LogP contribution in [0, 0.1) is 5.92 Å². The van der Waals surface area contributed by atoms with Crippen molar-refractivity contribution in [1.82, 2.24) is 20.2 Å². The number of hydrogen-bond donors (Lipinski definition) is 3. The van der Waals surface area contributed by atoms with Crippen molar-refractivity contribution >= 4 is 12.0 Å². The van der Waals surface area contributed by atoms with Gasteiger partial charge in [0.2, 0.25) is 0 Å². The molecule has 112 valence electrons. The molecule has 1 heterocycles. The number of aromatic amines is 1. The van der Waals surface area contributed by atoms with E-state index in [-0.39, 0.29) is 12.5 Å². The number of carboxylic acids is 1. The minimum Gasteiger partial charge on any atom is -0.480 e. The third-order valence-electron chi connectivity index (χ3n) is 2.83. The fourth-order valence-corrected chi connectivity index (χ4v) is 1.85. The van der Waals surface area contributed by atoms with Crippen LogP contribution in [0.25, 0.3) is 0 Å². The number of aliphatic carboxylic acids is 1. The summed E-state index contributed by atoms with van der Waals surface area (Å²) in [4.78, 5) is 31.6. The number of amides is 2. The first-order valence-electron chi connectivity index (χ1n) is 6.69. The van der Waals surface area contributed by atoms with Crippen molar-refractivity contribution in [3.05, 3.63) is 18.2 Å². The Morgan fingerprint density at radius 2 is 2.20 bits per heavy atom. The molecule has 1 atom stereocenters. The number of nitrogens with zero attached hydrogens (tertiary/aromatic N) is 2. The lowest BCUT2D eigenvalue weighted by atomic mass is 10.1. The van der Waals surface area contributed by atoms with Gasteiger partial charge in [-0.3, -0.25) is 0 Å². The van der Waals surface area contributed by atoms with E-state index in [1.54, 1.807) is 11.1 Å². The second-order valence-electron chi connectivity index (χ2n) is 5.05. The predicted octanol–water partition coefficient (Wildman–Crippen LogP) is 1.09. The van der Waals surface area contributed by atoms with Crippen molar-refractivity contribution in [1.29, 1.82) is 0 Å². The van der Waals surface area contributed by atoms with E-state index in [1.807, 2.05) is 20.8 Å². The van der Waals surface area contributed by atoms with Crippen LogP contribution in [0.5, 0.6) is 0 Å². The number of aromatic nitrogens is 2. The Morgan fingerprint density at radius 1 is 1.50 bits per heavy atom. The number of H-pyrrole nitrogens is 1. The topological polar surface area (TPSA) is 98.3 Å². The van der Waals surface area contributed by atoms with Crippen LogP contribution in [0.4, 0.5) is 4.79 Å². The van der Waals surface area contributed by atoms with Crippen LogP contribution < -0.4 is 5.32 Å². The summed E-state index contributed by atoms with van der Waals surface area (Å²) in [5, 5.41) is 11.7. The smallest absolute Gasteiger partial charge is 0.326 e. The highest BCUT2D eigenvalue weighted by molar-refractivity contribution is 5.82. The molecule has 0 bridgehead atoms. The molecule has 1 aromatic rings. The van der Waals surface area contributed by atoms with Crippen molar-refractivity contribution < 1.29 is 14.7 Å². The fourth-order valence-electron chi connectivity index (χ4n) is 1.85. The van der Waals surface area contributed by atoms with E-state index in [2.05, 4.69) is 15.3 Å². The largest absolute Gasteiger partial charge is 0.480 e. The molecule has 1 rings (SSSR count). The molecule has 0 fully saturated rings.